The molecular formula is C14H16ClN3O. The Balaban J connectivity index is 2.32. The molecule has 0 spiro atoms. The number of Topliss-reactive ketones (excluding diaryl/α,β-unsaturated/α-hetero) is 1. The summed E-state index contributed by atoms with van der Waals surface area (Å²) in [6.07, 6.45) is 1.93. The van der Waals surface area contributed by atoms with Gasteiger partial charge in [-0.2, -0.15) is 5.10 Å². The summed E-state index contributed by atoms with van der Waals surface area (Å²) in [7, 11) is 0. The highest BCUT2D eigenvalue weighted by Crippen LogP contribution is 2.22. The average Bonchev–Trinajstić information content (AvgIpc) is 2.67. The summed E-state index contributed by atoms with van der Waals surface area (Å²) in [6.45, 7) is 6.35. The third-order valence-electron chi connectivity index (χ3n) is 3.09. The minimum atomic E-state index is 0.0158. The van der Waals surface area contributed by atoms with E-state index in [4.69, 9.17) is 11.6 Å². The van der Waals surface area contributed by atoms with Crippen LogP contribution in [0.3, 0.4) is 0 Å². The number of aromatic nitrogens is 3. The Bertz CT molecular complexity index is 619. The maximum absolute atomic E-state index is 12.3. The van der Waals surface area contributed by atoms with Crippen molar-refractivity contribution in [3.05, 3.63) is 46.0 Å². The molecule has 19 heavy (non-hydrogen) atoms. The van der Waals surface area contributed by atoms with Gasteiger partial charge in [-0.05, 0) is 32.9 Å². The number of nitrogens with zero attached hydrogens (tertiary/aromatic N) is 3. The van der Waals surface area contributed by atoms with Crippen LogP contribution in [0.1, 0.15) is 34.4 Å². The molecule has 0 saturated heterocycles. The fourth-order valence-electron chi connectivity index (χ4n) is 2.06. The van der Waals surface area contributed by atoms with E-state index in [0.717, 1.165) is 17.1 Å². The summed E-state index contributed by atoms with van der Waals surface area (Å²) < 4.78 is 1.78. The Morgan fingerprint density at radius 1 is 1.37 bits per heavy atom. The van der Waals surface area contributed by atoms with Crippen molar-refractivity contribution in [2.75, 3.05) is 0 Å². The van der Waals surface area contributed by atoms with Crippen molar-refractivity contribution in [3.8, 4) is 0 Å². The van der Waals surface area contributed by atoms with E-state index in [-0.39, 0.29) is 12.2 Å². The first-order valence-electron chi connectivity index (χ1n) is 6.21. The van der Waals surface area contributed by atoms with E-state index in [1.807, 2.05) is 20.8 Å². The molecule has 0 saturated carbocycles. The van der Waals surface area contributed by atoms with Gasteiger partial charge in [-0.3, -0.25) is 14.5 Å². The molecule has 0 aliphatic heterocycles. The molecule has 2 aromatic heterocycles. The standard InChI is InChI=1S/C14H16ClN3O/c1-4-18-12(14(15)10(3)17-18)8-13(19)11-6-5-7-16-9(11)2/h5-7H,4,8H2,1-3H3. The molecule has 0 bridgehead atoms. The fourth-order valence-corrected chi connectivity index (χ4v) is 2.27. The van der Waals surface area contributed by atoms with Crippen LogP contribution in [0.2, 0.25) is 5.02 Å². The Morgan fingerprint density at radius 2 is 2.11 bits per heavy atom. The molecule has 100 valence electrons. The Labute approximate surface area is 117 Å². The van der Waals surface area contributed by atoms with Gasteiger partial charge >= 0.3 is 0 Å². The Morgan fingerprint density at radius 3 is 2.74 bits per heavy atom. The SMILES string of the molecule is CCn1nc(C)c(Cl)c1CC(=O)c1cccnc1C. The number of pyridine rings is 1. The largest absolute Gasteiger partial charge is 0.294 e. The first-order valence-corrected chi connectivity index (χ1v) is 6.59. The number of hydrogen-bond donors (Lipinski definition) is 0. The lowest BCUT2D eigenvalue weighted by atomic mass is 10.1. The quantitative estimate of drug-likeness (QED) is 0.807. The molecule has 0 amide bonds. The monoisotopic (exact) mass is 277 g/mol. The highest BCUT2D eigenvalue weighted by Gasteiger charge is 2.18. The van der Waals surface area contributed by atoms with E-state index >= 15 is 0 Å². The third kappa shape index (κ3) is 2.68. The zero-order chi connectivity index (χ0) is 14.0. The van der Waals surface area contributed by atoms with Crippen LogP contribution in [0.25, 0.3) is 0 Å². The fraction of sp³-hybridized carbons (Fsp3) is 0.357. The van der Waals surface area contributed by atoms with E-state index < -0.39 is 0 Å². The van der Waals surface area contributed by atoms with Crippen molar-refractivity contribution in [3.63, 3.8) is 0 Å². The molecule has 2 aromatic rings. The summed E-state index contributed by atoms with van der Waals surface area (Å²) in [5, 5.41) is 4.90. The molecule has 0 unspecified atom stereocenters. The highest BCUT2D eigenvalue weighted by molar-refractivity contribution is 6.32. The van der Waals surface area contributed by atoms with Gasteiger partial charge in [0, 0.05) is 24.0 Å². The van der Waals surface area contributed by atoms with Crippen LogP contribution in [0.4, 0.5) is 0 Å². The van der Waals surface area contributed by atoms with Gasteiger partial charge in [-0.1, -0.05) is 11.6 Å². The van der Waals surface area contributed by atoms with Crippen molar-refractivity contribution < 1.29 is 4.79 Å². The molecule has 0 atom stereocenters. The van der Waals surface area contributed by atoms with E-state index in [0.29, 0.717) is 17.1 Å². The van der Waals surface area contributed by atoms with Gasteiger partial charge in [0.2, 0.25) is 0 Å². The van der Waals surface area contributed by atoms with Crippen LogP contribution in [-0.4, -0.2) is 20.5 Å². The molecule has 0 N–H and O–H groups in total. The number of ketones is 1. The first-order chi connectivity index (χ1) is 9.04. The van der Waals surface area contributed by atoms with Crippen LogP contribution >= 0.6 is 11.6 Å². The van der Waals surface area contributed by atoms with Gasteiger partial charge in [0.15, 0.2) is 5.78 Å². The molecule has 0 aliphatic rings. The van der Waals surface area contributed by atoms with E-state index in [9.17, 15) is 4.79 Å². The molecule has 2 rings (SSSR count). The first kappa shape index (κ1) is 13.7. The van der Waals surface area contributed by atoms with E-state index in [2.05, 4.69) is 10.1 Å². The maximum atomic E-state index is 12.3. The number of halogens is 1. The van der Waals surface area contributed by atoms with Crippen molar-refractivity contribution in [2.24, 2.45) is 0 Å². The van der Waals surface area contributed by atoms with Crippen LogP contribution in [0.5, 0.6) is 0 Å². The Hall–Kier alpha value is -1.68. The average molecular weight is 278 g/mol. The lowest BCUT2D eigenvalue weighted by Gasteiger charge is -2.06. The normalized spacial score (nSPS) is 10.7. The van der Waals surface area contributed by atoms with Gasteiger partial charge < -0.3 is 0 Å². The molecule has 2 heterocycles. The van der Waals surface area contributed by atoms with Crippen molar-refractivity contribution in [1.82, 2.24) is 14.8 Å². The molecule has 0 aromatic carbocycles. The van der Waals surface area contributed by atoms with E-state index in [1.54, 1.807) is 23.0 Å². The Kier molecular flexibility index (Phi) is 4.00. The summed E-state index contributed by atoms with van der Waals surface area (Å²) in [5.74, 6) is 0.0158. The zero-order valence-corrected chi connectivity index (χ0v) is 12.0. The van der Waals surface area contributed by atoms with Gasteiger partial charge in [0.1, 0.15) is 0 Å². The van der Waals surface area contributed by atoms with Gasteiger partial charge in [0.25, 0.3) is 0 Å². The molecule has 0 aliphatic carbocycles. The molecular weight excluding hydrogens is 262 g/mol. The second kappa shape index (κ2) is 5.53. The summed E-state index contributed by atoms with van der Waals surface area (Å²) in [4.78, 5) is 16.5. The summed E-state index contributed by atoms with van der Waals surface area (Å²) in [6, 6.07) is 3.56. The number of carbonyl (C=O) groups is 1. The number of carbonyl (C=O) groups excluding carboxylic acids is 1. The van der Waals surface area contributed by atoms with Crippen molar-refractivity contribution in [2.45, 2.75) is 33.7 Å². The lowest BCUT2D eigenvalue weighted by molar-refractivity contribution is 0.0989. The predicted molar refractivity (Wildman–Crippen MR) is 74.7 cm³/mol. The number of aryl methyl sites for hydroxylation is 3. The van der Waals surface area contributed by atoms with Crippen LogP contribution in [0, 0.1) is 13.8 Å². The number of hydrogen-bond acceptors (Lipinski definition) is 3. The van der Waals surface area contributed by atoms with Crippen molar-refractivity contribution in [1.29, 1.82) is 0 Å². The van der Waals surface area contributed by atoms with Gasteiger partial charge in [0.05, 0.1) is 22.8 Å². The maximum Gasteiger partial charge on any atom is 0.170 e. The summed E-state index contributed by atoms with van der Waals surface area (Å²) in [5.41, 5.74) is 2.91. The molecule has 0 radical (unpaired) electrons. The molecule has 0 fully saturated rings. The van der Waals surface area contributed by atoms with Gasteiger partial charge in [-0.25, -0.2) is 0 Å². The molecule has 5 heteroatoms. The van der Waals surface area contributed by atoms with Gasteiger partial charge in [-0.15, -0.1) is 0 Å². The summed E-state index contributed by atoms with van der Waals surface area (Å²) >= 11 is 6.21. The second-order valence-electron chi connectivity index (χ2n) is 4.40. The van der Waals surface area contributed by atoms with Crippen LogP contribution in [-0.2, 0) is 13.0 Å². The smallest absolute Gasteiger partial charge is 0.170 e. The molecule has 4 nitrogen and oxygen atoms in total. The number of rotatable bonds is 4. The van der Waals surface area contributed by atoms with E-state index in [1.165, 1.54) is 0 Å². The minimum Gasteiger partial charge on any atom is -0.294 e. The topological polar surface area (TPSA) is 47.8 Å². The predicted octanol–water partition coefficient (Wildman–Crippen LogP) is 2.99. The lowest BCUT2D eigenvalue weighted by Crippen LogP contribution is -2.11. The third-order valence-corrected chi connectivity index (χ3v) is 3.58. The van der Waals surface area contributed by atoms with Crippen LogP contribution < -0.4 is 0 Å². The zero-order valence-electron chi connectivity index (χ0n) is 11.3. The van der Waals surface area contributed by atoms with Crippen molar-refractivity contribution >= 4 is 17.4 Å². The second-order valence-corrected chi connectivity index (χ2v) is 4.78. The minimum absolute atomic E-state index is 0.0158. The highest BCUT2D eigenvalue weighted by atomic mass is 35.5. The van der Waals surface area contributed by atoms with Crippen LogP contribution in [0.15, 0.2) is 18.3 Å².